The second kappa shape index (κ2) is 2.42. The molecule has 68 valence electrons. The summed E-state index contributed by atoms with van der Waals surface area (Å²) in [5, 5.41) is 0. The highest BCUT2D eigenvalue weighted by Crippen LogP contribution is 2.40. The van der Waals surface area contributed by atoms with Crippen molar-refractivity contribution in [3.8, 4) is 0 Å². The molecule has 0 N–H and O–H groups in total. The molecule has 3 saturated heterocycles. The number of rotatable bonds is 0. The van der Waals surface area contributed by atoms with Gasteiger partial charge < -0.3 is 18.9 Å². The lowest BCUT2D eigenvalue weighted by Gasteiger charge is -2.35. The largest absolute Gasteiger partial charge is 0.345 e. The highest BCUT2D eigenvalue weighted by molar-refractivity contribution is 4.88. The van der Waals surface area contributed by atoms with Crippen molar-refractivity contribution in [2.24, 2.45) is 0 Å². The minimum absolute atomic E-state index is 0.272. The average molecular weight is 172 g/mol. The molecule has 0 amide bonds. The van der Waals surface area contributed by atoms with E-state index in [2.05, 4.69) is 0 Å². The van der Waals surface area contributed by atoms with Crippen molar-refractivity contribution >= 4 is 0 Å². The lowest BCUT2D eigenvalue weighted by atomic mass is 10.1. The summed E-state index contributed by atoms with van der Waals surface area (Å²) in [6.07, 6.45) is 1.88. The fourth-order valence-electron chi connectivity index (χ4n) is 2.06. The second-order valence-corrected chi connectivity index (χ2v) is 3.47. The van der Waals surface area contributed by atoms with Crippen LogP contribution in [-0.4, -0.2) is 38.0 Å². The van der Waals surface area contributed by atoms with E-state index in [1.165, 1.54) is 0 Å². The van der Waals surface area contributed by atoms with Crippen molar-refractivity contribution in [3.63, 3.8) is 0 Å². The summed E-state index contributed by atoms with van der Waals surface area (Å²) >= 11 is 0. The van der Waals surface area contributed by atoms with E-state index in [1.54, 1.807) is 0 Å². The van der Waals surface area contributed by atoms with E-state index in [1.807, 2.05) is 0 Å². The maximum Gasteiger partial charge on any atom is 0.220 e. The molecule has 2 bridgehead atoms. The molecule has 0 aromatic heterocycles. The highest BCUT2D eigenvalue weighted by Gasteiger charge is 2.53. The fraction of sp³-hybridized carbons (Fsp3) is 1.00. The van der Waals surface area contributed by atoms with Crippen molar-refractivity contribution in [2.45, 2.75) is 31.0 Å². The first kappa shape index (κ1) is 7.26. The first-order valence-corrected chi connectivity index (χ1v) is 4.44. The molecule has 12 heavy (non-hydrogen) atoms. The molecule has 0 aromatic carbocycles. The minimum Gasteiger partial charge on any atom is -0.345 e. The maximum absolute atomic E-state index is 5.56. The van der Waals surface area contributed by atoms with Gasteiger partial charge in [0.25, 0.3) is 0 Å². The first-order valence-electron chi connectivity index (χ1n) is 4.44. The molecule has 1 spiro atoms. The zero-order valence-corrected chi connectivity index (χ0v) is 6.82. The van der Waals surface area contributed by atoms with Crippen LogP contribution in [0, 0.1) is 0 Å². The van der Waals surface area contributed by atoms with Crippen LogP contribution in [0.15, 0.2) is 0 Å². The highest BCUT2D eigenvalue weighted by atomic mass is 16.8. The average Bonchev–Trinajstić information content (AvgIpc) is 2.64. The third kappa shape index (κ3) is 0.864. The minimum atomic E-state index is -0.562. The molecule has 2 unspecified atom stereocenters. The second-order valence-electron chi connectivity index (χ2n) is 3.47. The van der Waals surface area contributed by atoms with Crippen LogP contribution >= 0.6 is 0 Å². The SMILES string of the molecule is C1COC2(CCC3COC2O3)O1. The lowest BCUT2D eigenvalue weighted by molar-refractivity contribution is -0.302. The molecule has 4 heteroatoms. The van der Waals surface area contributed by atoms with E-state index in [0.717, 1.165) is 12.8 Å². The zero-order valence-electron chi connectivity index (χ0n) is 6.82. The summed E-state index contributed by atoms with van der Waals surface area (Å²) in [5.74, 6) is -0.562. The van der Waals surface area contributed by atoms with Gasteiger partial charge in [-0.2, -0.15) is 0 Å². The van der Waals surface area contributed by atoms with Gasteiger partial charge in [0.1, 0.15) is 0 Å². The standard InChI is InChI=1S/C8H12O4/c1-2-8(10-3-4-11-8)7-9-5-6(1)12-7/h6-7H,1-5H2. The third-order valence-corrected chi connectivity index (χ3v) is 2.70. The van der Waals surface area contributed by atoms with Crippen LogP contribution < -0.4 is 0 Å². The Balaban J connectivity index is 1.85. The van der Waals surface area contributed by atoms with Gasteiger partial charge in [-0.15, -0.1) is 0 Å². The lowest BCUT2D eigenvalue weighted by Crippen LogP contribution is -2.47. The number of hydrogen-bond donors (Lipinski definition) is 0. The van der Waals surface area contributed by atoms with Gasteiger partial charge in [0, 0.05) is 6.42 Å². The van der Waals surface area contributed by atoms with Crippen molar-refractivity contribution in [3.05, 3.63) is 0 Å². The van der Waals surface area contributed by atoms with Gasteiger partial charge in [-0.05, 0) is 6.42 Å². The van der Waals surface area contributed by atoms with Gasteiger partial charge in [0.15, 0.2) is 0 Å². The third-order valence-electron chi connectivity index (χ3n) is 2.70. The molecule has 0 aromatic rings. The van der Waals surface area contributed by atoms with Gasteiger partial charge >= 0.3 is 0 Å². The molecule has 0 aliphatic carbocycles. The van der Waals surface area contributed by atoms with E-state index in [9.17, 15) is 0 Å². The predicted octanol–water partition coefficient (Wildman–Crippen LogP) is 0.265. The van der Waals surface area contributed by atoms with Crippen molar-refractivity contribution in [2.75, 3.05) is 19.8 Å². The molecule has 3 rings (SSSR count). The summed E-state index contributed by atoms with van der Waals surface area (Å²) in [6, 6.07) is 0. The molecular weight excluding hydrogens is 160 g/mol. The van der Waals surface area contributed by atoms with Gasteiger partial charge in [0.05, 0.1) is 25.9 Å². The van der Waals surface area contributed by atoms with E-state index in [0.29, 0.717) is 19.8 Å². The van der Waals surface area contributed by atoms with Crippen molar-refractivity contribution < 1.29 is 18.9 Å². The van der Waals surface area contributed by atoms with Gasteiger partial charge in [-0.25, -0.2) is 0 Å². The van der Waals surface area contributed by atoms with Crippen LogP contribution in [0.5, 0.6) is 0 Å². The summed E-state index contributed by atoms with van der Waals surface area (Å²) in [7, 11) is 0. The fourth-order valence-corrected chi connectivity index (χ4v) is 2.06. The molecule has 0 saturated carbocycles. The molecular formula is C8H12O4. The van der Waals surface area contributed by atoms with Crippen LogP contribution in [0.25, 0.3) is 0 Å². The first-order chi connectivity index (χ1) is 5.89. The molecule has 3 aliphatic rings. The Bertz CT molecular complexity index is 187. The summed E-state index contributed by atoms with van der Waals surface area (Å²) < 4.78 is 22.1. The smallest absolute Gasteiger partial charge is 0.220 e. The maximum atomic E-state index is 5.56. The van der Waals surface area contributed by atoms with Gasteiger partial charge in [-0.1, -0.05) is 0 Å². The molecule has 3 aliphatic heterocycles. The Kier molecular flexibility index (Phi) is 1.46. The summed E-state index contributed by atoms with van der Waals surface area (Å²) in [6.45, 7) is 2.01. The van der Waals surface area contributed by atoms with E-state index in [4.69, 9.17) is 18.9 Å². The molecule has 3 fully saturated rings. The Morgan fingerprint density at radius 2 is 2.00 bits per heavy atom. The topological polar surface area (TPSA) is 36.9 Å². The van der Waals surface area contributed by atoms with Crippen LogP contribution in [0.2, 0.25) is 0 Å². The van der Waals surface area contributed by atoms with E-state index < -0.39 is 5.79 Å². The van der Waals surface area contributed by atoms with Crippen molar-refractivity contribution in [1.82, 2.24) is 0 Å². The van der Waals surface area contributed by atoms with Crippen LogP contribution in [0.4, 0.5) is 0 Å². The predicted molar refractivity (Wildman–Crippen MR) is 38.5 cm³/mol. The Morgan fingerprint density at radius 3 is 2.83 bits per heavy atom. The molecule has 2 atom stereocenters. The van der Waals surface area contributed by atoms with Gasteiger partial charge in [0.2, 0.25) is 12.1 Å². The zero-order chi connectivity index (χ0) is 8.02. The van der Waals surface area contributed by atoms with Crippen LogP contribution in [-0.2, 0) is 18.9 Å². The Hall–Kier alpha value is -0.160. The van der Waals surface area contributed by atoms with Crippen LogP contribution in [0.1, 0.15) is 12.8 Å². The molecule has 4 nitrogen and oxygen atoms in total. The van der Waals surface area contributed by atoms with Gasteiger partial charge in [-0.3, -0.25) is 0 Å². The number of fused-ring (bicyclic) bond motifs is 3. The number of hydrogen-bond acceptors (Lipinski definition) is 4. The Labute approximate surface area is 70.7 Å². The molecule has 0 radical (unpaired) electrons. The monoisotopic (exact) mass is 172 g/mol. The Morgan fingerprint density at radius 1 is 1.17 bits per heavy atom. The quantitative estimate of drug-likeness (QED) is 0.525. The summed E-state index contributed by atoms with van der Waals surface area (Å²) in [4.78, 5) is 0. The number of ether oxygens (including phenoxy) is 4. The van der Waals surface area contributed by atoms with E-state index in [-0.39, 0.29) is 12.4 Å². The normalized spacial score (nSPS) is 44.0. The molecule has 3 heterocycles. The summed E-state index contributed by atoms with van der Waals surface area (Å²) in [5.41, 5.74) is 0. The van der Waals surface area contributed by atoms with E-state index >= 15 is 0 Å². The van der Waals surface area contributed by atoms with Crippen molar-refractivity contribution in [1.29, 1.82) is 0 Å². The van der Waals surface area contributed by atoms with Crippen LogP contribution in [0.3, 0.4) is 0 Å².